The zero-order valence-electron chi connectivity index (χ0n) is 21.0. The second-order valence-electron chi connectivity index (χ2n) is 10.3. The number of hydrogen-bond donors (Lipinski definition) is 0. The number of rotatable bonds is 7. The van der Waals surface area contributed by atoms with Gasteiger partial charge in [-0.25, -0.2) is 4.57 Å². The lowest BCUT2D eigenvalue weighted by Crippen LogP contribution is -2.32. The standard InChI is InChI=1S/C28H32N2.C5H6/c1-2-9-27(10-3-1)30-21-16-24(17-22-30)23-14-19-29(20-15-23)18-5-4-7-25-12-13-26-8-6-11-28(25)26;1-4-3-5(4)2/h1-3,9-10,14-17,19-22,25H,4-8,11-13,18H2;1-3H2/q+2;/t25-;/m0./s1. The maximum atomic E-state index is 3.65. The van der Waals surface area contributed by atoms with Gasteiger partial charge < -0.3 is 0 Å². The Kier molecular flexibility index (Phi) is 7.37. The predicted octanol–water partition coefficient (Wildman–Crippen LogP) is 7.48. The number of aromatic nitrogens is 2. The van der Waals surface area contributed by atoms with Gasteiger partial charge in [0, 0.05) is 42.8 Å². The van der Waals surface area contributed by atoms with Crippen molar-refractivity contribution in [3.05, 3.63) is 115 Å². The summed E-state index contributed by atoms with van der Waals surface area (Å²) in [6.07, 6.45) is 21.0. The summed E-state index contributed by atoms with van der Waals surface area (Å²) >= 11 is 0. The zero-order chi connectivity index (χ0) is 24.0. The summed E-state index contributed by atoms with van der Waals surface area (Å²) in [4.78, 5) is 0. The second-order valence-corrected chi connectivity index (χ2v) is 10.3. The molecular weight excluding hydrogens is 424 g/mol. The Morgan fingerprint density at radius 3 is 2.06 bits per heavy atom. The number of unbranched alkanes of at least 4 members (excludes halogenated alkanes) is 1. The van der Waals surface area contributed by atoms with Gasteiger partial charge in [-0.15, -0.1) is 0 Å². The molecule has 0 N–H and O–H groups in total. The maximum Gasteiger partial charge on any atom is 0.210 e. The predicted molar refractivity (Wildman–Crippen MR) is 144 cm³/mol. The first-order valence-electron chi connectivity index (χ1n) is 13.3. The van der Waals surface area contributed by atoms with Gasteiger partial charge in [0.05, 0.1) is 0 Å². The van der Waals surface area contributed by atoms with Crippen LogP contribution >= 0.6 is 0 Å². The molecule has 0 bridgehead atoms. The number of allylic oxidation sites excluding steroid dienone is 4. The first kappa shape index (κ1) is 23.5. The Morgan fingerprint density at radius 1 is 0.743 bits per heavy atom. The molecule has 6 rings (SSSR count). The van der Waals surface area contributed by atoms with Crippen LogP contribution in [-0.2, 0) is 6.54 Å². The lowest BCUT2D eigenvalue weighted by molar-refractivity contribution is -0.697. The van der Waals surface area contributed by atoms with Gasteiger partial charge in [0.1, 0.15) is 6.54 Å². The topological polar surface area (TPSA) is 7.76 Å². The van der Waals surface area contributed by atoms with Crippen molar-refractivity contribution >= 4 is 0 Å². The Morgan fingerprint density at radius 2 is 1.40 bits per heavy atom. The highest BCUT2D eigenvalue weighted by Gasteiger charge is 2.27. The highest BCUT2D eigenvalue weighted by Crippen LogP contribution is 2.44. The van der Waals surface area contributed by atoms with Crippen molar-refractivity contribution in [2.24, 2.45) is 5.92 Å². The van der Waals surface area contributed by atoms with Gasteiger partial charge in [-0.3, -0.25) is 0 Å². The van der Waals surface area contributed by atoms with E-state index in [1.165, 1.54) is 79.3 Å². The molecule has 178 valence electrons. The number of hydrogen-bond acceptors (Lipinski definition) is 0. The molecule has 3 aliphatic carbocycles. The lowest BCUT2D eigenvalue weighted by atomic mass is 9.93. The Bertz CT molecular complexity index is 1190. The van der Waals surface area contributed by atoms with Crippen molar-refractivity contribution in [3.8, 4) is 16.8 Å². The average Bonchev–Trinajstić information content (AvgIpc) is 3.26. The molecule has 0 unspecified atom stereocenters. The molecule has 0 aliphatic heterocycles. The van der Waals surface area contributed by atoms with E-state index >= 15 is 0 Å². The SMILES string of the molecule is C=C1CC1=C.c1ccc(-[n+]2ccc(-c3cc[n+](CCCC[C@H]4CCC5=C4CCC5)cc3)cc2)cc1. The number of para-hydroxylation sites is 1. The fraction of sp³-hybridized carbons (Fsp3) is 0.333. The van der Waals surface area contributed by atoms with E-state index in [2.05, 4.69) is 102 Å². The molecule has 2 aromatic heterocycles. The molecule has 3 aliphatic rings. The number of nitrogens with zero attached hydrogens (tertiary/aromatic N) is 2. The van der Waals surface area contributed by atoms with E-state index in [-0.39, 0.29) is 0 Å². The fourth-order valence-corrected chi connectivity index (χ4v) is 5.54. The van der Waals surface area contributed by atoms with Gasteiger partial charge in [-0.05, 0) is 79.6 Å². The zero-order valence-corrected chi connectivity index (χ0v) is 21.0. The van der Waals surface area contributed by atoms with E-state index in [0.29, 0.717) is 0 Å². The molecule has 1 saturated carbocycles. The monoisotopic (exact) mass is 462 g/mol. The van der Waals surface area contributed by atoms with Crippen LogP contribution in [0.1, 0.15) is 57.8 Å². The fourth-order valence-electron chi connectivity index (χ4n) is 5.54. The van der Waals surface area contributed by atoms with E-state index in [1.807, 2.05) is 11.1 Å². The summed E-state index contributed by atoms with van der Waals surface area (Å²) in [6, 6.07) is 19.3. The molecule has 0 amide bonds. The third-order valence-electron chi connectivity index (χ3n) is 7.80. The van der Waals surface area contributed by atoms with Crippen LogP contribution in [-0.4, -0.2) is 0 Å². The van der Waals surface area contributed by atoms with Crippen LogP contribution in [0.25, 0.3) is 16.8 Å². The van der Waals surface area contributed by atoms with Crippen molar-refractivity contribution in [2.45, 2.75) is 64.3 Å². The van der Waals surface area contributed by atoms with Gasteiger partial charge in [-0.1, -0.05) is 42.5 Å². The minimum atomic E-state index is 0.923. The smallest absolute Gasteiger partial charge is 0.205 e. The van der Waals surface area contributed by atoms with E-state index < -0.39 is 0 Å². The maximum absolute atomic E-state index is 3.65. The van der Waals surface area contributed by atoms with Crippen molar-refractivity contribution in [1.82, 2.24) is 0 Å². The van der Waals surface area contributed by atoms with Crippen LogP contribution in [0.5, 0.6) is 0 Å². The van der Waals surface area contributed by atoms with Crippen LogP contribution in [0.15, 0.2) is 115 Å². The van der Waals surface area contributed by atoms with Gasteiger partial charge in [-0.2, -0.15) is 4.57 Å². The van der Waals surface area contributed by atoms with Crippen molar-refractivity contribution in [2.75, 3.05) is 0 Å². The molecule has 0 saturated heterocycles. The van der Waals surface area contributed by atoms with E-state index in [4.69, 9.17) is 0 Å². The largest absolute Gasteiger partial charge is 0.210 e. The quantitative estimate of drug-likeness (QED) is 0.195. The minimum absolute atomic E-state index is 0.923. The van der Waals surface area contributed by atoms with Crippen LogP contribution in [0.4, 0.5) is 0 Å². The first-order valence-corrected chi connectivity index (χ1v) is 13.3. The summed E-state index contributed by atoms with van der Waals surface area (Å²) in [7, 11) is 0. The van der Waals surface area contributed by atoms with Gasteiger partial charge in [0.15, 0.2) is 24.8 Å². The number of benzene rings is 1. The Hall–Kier alpha value is -3.26. The molecule has 3 aromatic rings. The summed E-state index contributed by atoms with van der Waals surface area (Å²) < 4.78 is 4.49. The van der Waals surface area contributed by atoms with Gasteiger partial charge in [0.2, 0.25) is 5.69 Å². The molecule has 1 fully saturated rings. The number of aryl methyl sites for hydroxylation is 1. The molecule has 2 heteroatoms. The van der Waals surface area contributed by atoms with E-state index in [0.717, 1.165) is 18.9 Å². The van der Waals surface area contributed by atoms with Crippen LogP contribution in [0.2, 0.25) is 0 Å². The molecular formula is C33H38N2+2. The second kappa shape index (κ2) is 11.0. The Balaban J connectivity index is 0.000000453. The van der Waals surface area contributed by atoms with Gasteiger partial charge in [0.25, 0.3) is 0 Å². The molecule has 1 atom stereocenters. The summed E-state index contributed by atoms with van der Waals surface area (Å²) in [5, 5.41) is 0. The molecule has 2 heterocycles. The summed E-state index contributed by atoms with van der Waals surface area (Å²) in [5.41, 5.74) is 9.88. The van der Waals surface area contributed by atoms with E-state index in [1.54, 1.807) is 0 Å². The normalized spacial score (nSPS) is 18.3. The Labute approximate surface area is 211 Å². The van der Waals surface area contributed by atoms with Crippen molar-refractivity contribution < 1.29 is 9.13 Å². The lowest BCUT2D eigenvalue weighted by Gasteiger charge is -2.12. The minimum Gasteiger partial charge on any atom is -0.205 e. The summed E-state index contributed by atoms with van der Waals surface area (Å²) in [5.74, 6) is 0.923. The van der Waals surface area contributed by atoms with Crippen LogP contribution < -0.4 is 9.13 Å². The first-order chi connectivity index (χ1) is 17.2. The average molecular weight is 463 g/mol. The molecule has 35 heavy (non-hydrogen) atoms. The third-order valence-corrected chi connectivity index (χ3v) is 7.80. The molecule has 2 nitrogen and oxygen atoms in total. The number of pyridine rings is 2. The highest BCUT2D eigenvalue weighted by molar-refractivity contribution is 5.61. The van der Waals surface area contributed by atoms with E-state index in [9.17, 15) is 0 Å². The van der Waals surface area contributed by atoms with Gasteiger partial charge >= 0.3 is 0 Å². The highest BCUT2D eigenvalue weighted by atomic mass is 14.9. The van der Waals surface area contributed by atoms with Crippen molar-refractivity contribution in [1.29, 1.82) is 0 Å². The van der Waals surface area contributed by atoms with Crippen molar-refractivity contribution in [3.63, 3.8) is 0 Å². The third kappa shape index (κ3) is 6.06. The molecule has 0 radical (unpaired) electrons. The summed E-state index contributed by atoms with van der Waals surface area (Å²) in [6.45, 7) is 8.42. The molecule has 0 spiro atoms. The van der Waals surface area contributed by atoms with Crippen LogP contribution in [0.3, 0.4) is 0 Å². The van der Waals surface area contributed by atoms with Crippen LogP contribution in [0, 0.1) is 5.92 Å². The molecule has 1 aromatic carbocycles.